The van der Waals surface area contributed by atoms with Gasteiger partial charge in [-0.3, -0.25) is 9.69 Å². The molecule has 27 heavy (non-hydrogen) atoms. The molecule has 1 aromatic rings. The third-order valence-corrected chi connectivity index (χ3v) is 8.55. The summed E-state index contributed by atoms with van der Waals surface area (Å²) in [4.78, 5) is 14.3. The van der Waals surface area contributed by atoms with Crippen molar-refractivity contribution in [2.75, 3.05) is 25.9 Å². The Bertz CT molecular complexity index is 611. The Morgan fingerprint density at radius 2 is 1.96 bits per heavy atom. The van der Waals surface area contributed by atoms with Crippen molar-refractivity contribution in [1.82, 2.24) is 10.2 Å². The second kappa shape index (κ2) is 9.87. The van der Waals surface area contributed by atoms with Gasteiger partial charge in [-0.1, -0.05) is 41.9 Å². The molecule has 0 bridgehead atoms. The third-order valence-electron chi connectivity index (χ3n) is 5.98. The highest BCUT2D eigenvalue weighted by atomic mass is 35.5. The predicted octanol–water partition coefficient (Wildman–Crippen LogP) is 4.52. The van der Waals surface area contributed by atoms with Gasteiger partial charge in [-0.05, 0) is 57.0 Å². The lowest BCUT2D eigenvalue weighted by Crippen LogP contribution is -2.56. The summed E-state index contributed by atoms with van der Waals surface area (Å²) >= 11 is 16.1. The second-order valence-corrected chi connectivity index (χ2v) is 9.99. The topological polar surface area (TPSA) is 32.3 Å². The first-order valence-corrected chi connectivity index (χ1v) is 12.1. The number of nitrogens with zero attached hydrogens (tertiary/aromatic N) is 1. The maximum Gasteiger partial charge on any atom is 0.224 e. The van der Waals surface area contributed by atoms with Crippen LogP contribution in [0.25, 0.3) is 0 Å². The maximum atomic E-state index is 12.5. The number of nitrogens with one attached hydrogen (secondary N) is 1. The van der Waals surface area contributed by atoms with Crippen LogP contribution in [0.2, 0.25) is 0 Å². The van der Waals surface area contributed by atoms with Gasteiger partial charge in [0.2, 0.25) is 5.91 Å². The van der Waals surface area contributed by atoms with Crippen LogP contribution in [0.5, 0.6) is 0 Å². The number of amides is 1. The summed E-state index contributed by atoms with van der Waals surface area (Å²) in [6.07, 6.45) is 7.94. The summed E-state index contributed by atoms with van der Waals surface area (Å²) in [6, 6.07) is 9.87. The zero-order valence-electron chi connectivity index (χ0n) is 16.0. The molecule has 3 rings (SSSR count). The molecule has 0 radical (unpaired) electrons. The molecule has 6 heteroatoms. The van der Waals surface area contributed by atoms with Crippen LogP contribution < -0.4 is 5.32 Å². The van der Waals surface area contributed by atoms with Gasteiger partial charge in [-0.25, -0.2) is 0 Å². The van der Waals surface area contributed by atoms with E-state index < -0.39 is 5.00 Å². The Morgan fingerprint density at radius 3 is 2.63 bits per heavy atom. The number of thioether (sulfide) groups is 1. The van der Waals surface area contributed by atoms with E-state index in [2.05, 4.69) is 16.5 Å². The minimum absolute atomic E-state index is 0.0534. The SMILES string of the molecule is CSC1CCC(Cl)C(Cl)(N2CCCC2)C(CNC(=O)Cc2ccccc2)C1. The van der Waals surface area contributed by atoms with Gasteiger partial charge >= 0.3 is 0 Å². The molecular weight excluding hydrogens is 399 g/mol. The van der Waals surface area contributed by atoms with Crippen molar-refractivity contribution in [3.63, 3.8) is 0 Å². The van der Waals surface area contributed by atoms with Crippen molar-refractivity contribution in [1.29, 1.82) is 0 Å². The number of carbonyl (C=O) groups is 1. The summed E-state index contributed by atoms with van der Waals surface area (Å²) < 4.78 is 0. The van der Waals surface area contributed by atoms with Crippen LogP contribution in [0.4, 0.5) is 0 Å². The summed E-state index contributed by atoms with van der Waals surface area (Å²) in [5, 5.41) is 3.61. The lowest BCUT2D eigenvalue weighted by molar-refractivity contribution is -0.120. The Morgan fingerprint density at radius 1 is 1.26 bits per heavy atom. The number of hydrogen-bond acceptors (Lipinski definition) is 3. The van der Waals surface area contributed by atoms with Gasteiger partial charge in [0.15, 0.2) is 0 Å². The molecule has 1 aromatic carbocycles. The lowest BCUT2D eigenvalue weighted by atomic mass is 9.91. The van der Waals surface area contributed by atoms with Gasteiger partial charge in [0.05, 0.1) is 11.8 Å². The summed E-state index contributed by atoms with van der Waals surface area (Å²) in [5.41, 5.74) is 1.03. The van der Waals surface area contributed by atoms with E-state index >= 15 is 0 Å². The van der Waals surface area contributed by atoms with Gasteiger partial charge in [-0.2, -0.15) is 11.8 Å². The van der Waals surface area contributed by atoms with Crippen LogP contribution in [0.3, 0.4) is 0 Å². The molecule has 1 aliphatic heterocycles. The number of likely N-dealkylation sites (tertiary alicyclic amines) is 1. The number of rotatable bonds is 6. The molecule has 4 unspecified atom stereocenters. The van der Waals surface area contributed by atoms with Crippen LogP contribution in [-0.2, 0) is 11.2 Å². The number of halogens is 2. The van der Waals surface area contributed by atoms with Gasteiger partial charge in [0.1, 0.15) is 5.00 Å². The molecule has 1 aliphatic carbocycles. The first-order chi connectivity index (χ1) is 13.0. The molecule has 3 nitrogen and oxygen atoms in total. The number of hydrogen-bond donors (Lipinski definition) is 1. The molecular formula is C21H30Cl2N2OS. The largest absolute Gasteiger partial charge is 0.355 e. The van der Waals surface area contributed by atoms with Crippen LogP contribution in [0.1, 0.15) is 37.7 Å². The van der Waals surface area contributed by atoms with Gasteiger partial charge in [0.25, 0.3) is 0 Å². The molecule has 1 saturated carbocycles. The normalized spacial score (nSPS) is 32.2. The molecule has 1 amide bonds. The Labute approximate surface area is 177 Å². The quantitative estimate of drug-likeness (QED) is 0.410. The molecule has 1 N–H and O–H groups in total. The predicted molar refractivity (Wildman–Crippen MR) is 117 cm³/mol. The number of benzene rings is 1. The highest BCUT2D eigenvalue weighted by molar-refractivity contribution is 7.99. The van der Waals surface area contributed by atoms with Gasteiger partial charge in [-0.15, -0.1) is 11.6 Å². The molecule has 1 saturated heterocycles. The van der Waals surface area contributed by atoms with Crippen molar-refractivity contribution < 1.29 is 4.79 Å². The molecule has 2 fully saturated rings. The zero-order chi connectivity index (χ0) is 19.3. The summed E-state index contributed by atoms with van der Waals surface area (Å²) in [5.74, 6) is 0.206. The number of alkyl halides is 2. The van der Waals surface area contributed by atoms with E-state index in [9.17, 15) is 4.79 Å². The Kier molecular flexibility index (Phi) is 7.78. The Balaban J connectivity index is 1.70. The molecule has 2 aliphatic rings. The molecule has 4 atom stereocenters. The zero-order valence-corrected chi connectivity index (χ0v) is 18.3. The first-order valence-electron chi connectivity index (χ1n) is 9.95. The van der Waals surface area contributed by atoms with Crippen LogP contribution >= 0.6 is 35.0 Å². The van der Waals surface area contributed by atoms with Crippen LogP contribution in [-0.4, -0.2) is 52.3 Å². The van der Waals surface area contributed by atoms with Crippen LogP contribution in [0.15, 0.2) is 30.3 Å². The van der Waals surface area contributed by atoms with Crippen molar-refractivity contribution in [3.8, 4) is 0 Å². The summed E-state index contributed by atoms with van der Waals surface area (Å²) in [6.45, 7) is 2.60. The van der Waals surface area contributed by atoms with Gasteiger partial charge < -0.3 is 5.32 Å². The molecule has 1 heterocycles. The van der Waals surface area contributed by atoms with E-state index in [4.69, 9.17) is 23.2 Å². The lowest BCUT2D eigenvalue weighted by Gasteiger charge is -2.44. The summed E-state index contributed by atoms with van der Waals surface area (Å²) in [7, 11) is 0. The highest BCUT2D eigenvalue weighted by Gasteiger charge is 2.50. The van der Waals surface area contributed by atoms with Gasteiger partial charge in [0, 0.05) is 17.7 Å². The Hall–Kier alpha value is -0.420. The maximum absolute atomic E-state index is 12.5. The van der Waals surface area contributed by atoms with Crippen molar-refractivity contribution >= 4 is 40.9 Å². The van der Waals surface area contributed by atoms with E-state index in [1.165, 1.54) is 12.8 Å². The molecule has 0 aromatic heterocycles. The van der Waals surface area contributed by atoms with E-state index in [0.29, 0.717) is 18.2 Å². The average molecular weight is 429 g/mol. The standard InChI is InChI=1S/C21H30Cl2N2OS/c1-27-18-9-10-19(22)21(23,25-11-5-6-12-25)17(14-18)15-24-20(26)13-16-7-3-2-4-8-16/h2-4,7-8,17-19H,5-6,9-15H2,1H3,(H,24,26). The van der Waals surface area contributed by atoms with E-state index in [1.54, 1.807) is 0 Å². The van der Waals surface area contributed by atoms with E-state index in [1.807, 2.05) is 42.1 Å². The minimum atomic E-state index is -0.567. The monoisotopic (exact) mass is 428 g/mol. The van der Waals surface area contributed by atoms with Crippen molar-refractivity contribution in [2.24, 2.45) is 5.92 Å². The molecule has 0 spiro atoms. The number of carbonyl (C=O) groups excluding carboxylic acids is 1. The fourth-order valence-electron chi connectivity index (χ4n) is 4.43. The highest BCUT2D eigenvalue weighted by Crippen LogP contribution is 2.46. The fraction of sp³-hybridized carbons (Fsp3) is 0.667. The average Bonchev–Trinajstić information content (AvgIpc) is 3.19. The van der Waals surface area contributed by atoms with Crippen molar-refractivity contribution in [3.05, 3.63) is 35.9 Å². The molecule has 150 valence electrons. The fourth-order valence-corrected chi connectivity index (χ4v) is 6.11. The first kappa shape index (κ1) is 21.3. The smallest absolute Gasteiger partial charge is 0.224 e. The van der Waals surface area contributed by atoms with Crippen molar-refractivity contribution in [2.45, 2.75) is 54.2 Å². The third kappa shape index (κ3) is 5.14. The second-order valence-electron chi connectivity index (χ2n) is 7.72. The van der Waals surface area contributed by atoms with Crippen LogP contribution in [0, 0.1) is 5.92 Å². The van der Waals surface area contributed by atoms with E-state index in [-0.39, 0.29) is 17.2 Å². The minimum Gasteiger partial charge on any atom is -0.355 e. The van der Waals surface area contributed by atoms with E-state index in [0.717, 1.165) is 37.9 Å².